The molecular formula is C11H16NO5+. The van der Waals surface area contributed by atoms with Gasteiger partial charge >= 0.3 is 17.6 Å². The maximum Gasteiger partial charge on any atom is 0.409 e. The first-order valence-corrected chi connectivity index (χ1v) is 5.02. The lowest BCUT2D eigenvalue weighted by molar-refractivity contribution is -0.906. The zero-order valence-electron chi connectivity index (χ0n) is 10.3. The number of esters is 2. The minimum absolute atomic E-state index is 0.0608. The molecule has 6 nitrogen and oxygen atoms in total. The maximum atomic E-state index is 11.3. The van der Waals surface area contributed by atoms with Crippen LogP contribution in [-0.2, 0) is 9.47 Å². The van der Waals surface area contributed by atoms with Gasteiger partial charge in [-0.1, -0.05) is 13.8 Å². The summed E-state index contributed by atoms with van der Waals surface area (Å²) in [6, 6.07) is 2.75. The first kappa shape index (κ1) is 14.9. The molecule has 0 aliphatic rings. The number of hydrogen-bond donors (Lipinski definition) is 1. The topological polar surface area (TPSA) is 76.7 Å². The van der Waals surface area contributed by atoms with Crippen LogP contribution in [0.25, 0.3) is 0 Å². The van der Waals surface area contributed by atoms with Crippen molar-refractivity contribution in [3.63, 3.8) is 0 Å². The van der Waals surface area contributed by atoms with Crippen LogP contribution in [0.5, 0.6) is 0 Å². The fraction of sp³-hybridized carbons (Fsp3) is 0.364. The third kappa shape index (κ3) is 3.44. The van der Waals surface area contributed by atoms with E-state index < -0.39 is 11.9 Å². The van der Waals surface area contributed by atoms with Crippen molar-refractivity contribution >= 4 is 11.9 Å². The van der Waals surface area contributed by atoms with Gasteiger partial charge in [0.2, 0.25) is 6.20 Å². The molecule has 1 rings (SSSR count). The lowest BCUT2D eigenvalue weighted by Gasteiger charge is -2.01. The number of nitrogens with zero attached hydrogens (tertiary/aromatic N) is 1. The van der Waals surface area contributed by atoms with Crippen molar-refractivity contribution in [1.82, 2.24) is 0 Å². The average molecular weight is 242 g/mol. The first-order chi connectivity index (χ1) is 8.11. The van der Waals surface area contributed by atoms with Crippen LogP contribution in [-0.4, -0.2) is 31.4 Å². The summed E-state index contributed by atoms with van der Waals surface area (Å²) in [4.78, 5) is 22.5. The number of aromatic nitrogens is 1. The van der Waals surface area contributed by atoms with Crippen molar-refractivity contribution in [3.8, 4) is 0 Å². The Kier molecular flexibility index (Phi) is 6.32. The van der Waals surface area contributed by atoms with Crippen LogP contribution in [0.15, 0.2) is 18.3 Å². The smallest absolute Gasteiger partial charge is 0.409 e. The molecule has 0 bridgehead atoms. The highest BCUT2D eigenvalue weighted by Crippen LogP contribution is 2.06. The number of rotatable bonds is 2. The molecule has 0 aliphatic heterocycles. The fourth-order valence-corrected chi connectivity index (χ4v) is 1.07. The second-order valence-corrected chi connectivity index (χ2v) is 2.60. The third-order valence-corrected chi connectivity index (χ3v) is 1.76. The van der Waals surface area contributed by atoms with Crippen molar-refractivity contribution in [3.05, 3.63) is 29.6 Å². The van der Waals surface area contributed by atoms with E-state index in [9.17, 15) is 14.8 Å². The van der Waals surface area contributed by atoms with Crippen molar-refractivity contribution in [2.45, 2.75) is 13.8 Å². The fourth-order valence-electron chi connectivity index (χ4n) is 1.07. The maximum absolute atomic E-state index is 11.3. The van der Waals surface area contributed by atoms with Gasteiger partial charge in [-0.15, -0.1) is 0 Å². The summed E-state index contributed by atoms with van der Waals surface area (Å²) < 4.78 is 9.39. The van der Waals surface area contributed by atoms with Gasteiger partial charge in [0.25, 0.3) is 0 Å². The Morgan fingerprint density at radius 2 is 1.71 bits per heavy atom. The van der Waals surface area contributed by atoms with Crippen LogP contribution in [0.4, 0.5) is 0 Å². The molecule has 0 unspecified atom stereocenters. The standard InChI is InChI=1S/C9H10NO5.C2H6/c1-14-8(11)6-4-3-5-10(13)7(6)9(12)15-2;1-2/h3-5,13H,1-2H3;1-2H3/q+1;. The number of pyridine rings is 1. The number of ether oxygens (including phenoxy) is 2. The molecule has 0 aromatic carbocycles. The molecule has 0 spiro atoms. The summed E-state index contributed by atoms with van der Waals surface area (Å²) in [5.41, 5.74) is -0.332. The normalized spacial score (nSPS) is 8.71. The molecule has 0 aliphatic carbocycles. The number of methoxy groups -OCH3 is 2. The van der Waals surface area contributed by atoms with Crippen LogP contribution >= 0.6 is 0 Å². The lowest BCUT2D eigenvalue weighted by Crippen LogP contribution is -2.40. The molecule has 1 N–H and O–H groups in total. The Bertz CT molecular complexity index is 403. The molecule has 0 saturated heterocycles. The van der Waals surface area contributed by atoms with Gasteiger partial charge in [-0.25, -0.2) is 9.59 Å². The monoisotopic (exact) mass is 242 g/mol. The highest BCUT2D eigenvalue weighted by atomic mass is 16.5. The van der Waals surface area contributed by atoms with Gasteiger partial charge in [-0.2, -0.15) is 0 Å². The lowest BCUT2D eigenvalue weighted by atomic mass is 10.2. The van der Waals surface area contributed by atoms with Crippen LogP contribution in [0.1, 0.15) is 34.7 Å². The highest BCUT2D eigenvalue weighted by Gasteiger charge is 2.30. The van der Waals surface area contributed by atoms with Crippen LogP contribution in [0.3, 0.4) is 0 Å². The molecule has 0 saturated carbocycles. The quantitative estimate of drug-likeness (QED) is 0.472. The van der Waals surface area contributed by atoms with E-state index in [4.69, 9.17) is 0 Å². The summed E-state index contributed by atoms with van der Waals surface area (Å²) in [5.74, 6) is -1.54. The van der Waals surface area contributed by atoms with Crippen LogP contribution < -0.4 is 4.73 Å². The van der Waals surface area contributed by atoms with Gasteiger partial charge in [0.1, 0.15) is 5.56 Å². The predicted octanol–water partition coefficient (Wildman–Crippen LogP) is 0.811. The molecule has 1 aromatic rings. The highest BCUT2D eigenvalue weighted by molar-refractivity contribution is 6.00. The first-order valence-electron chi connectivity index (χ1n) is 5.02. The van der Waals surface area contributed by atoms with Crippen molar-refractivity contribution in [2.24, 2.45) is 0 Å². The largest absolute Gasteiger partial charge is 0.465 e. The second kappa shape index (κ2) is 7.21. The van der Waals surface area contributed by atoms with Gasteiger partial charge in [-0.3, -0.25) is 5.21 Å². The van der Waals surface area contributed by atoms with Gasteiger partial charge in [0.15, 0.2) is 0 Å². The van der Waals surface area contributed by atoms with E-state index in [0.717, 1.165) is 7.11 Å². The average Bonchev–Trinajstić information content (AvgIpc) is 2.39. The van der Waals surface area contributed by atoms with E-state index >= 15 is 0 Å². The molecule has 0 atom stereocenters. The van der Waals surface area contributed by atoms with Gasteiger partial charge in [0.05, 0.1) is 14.2 Å². The zero-order chi connectivity index (χ0) is 13.4. The third-order valence-electron chi connectivity index (χ3n) is 1.76. The summed E-state index contributed by atoms with van der Waals surface area (Å²) >= 11 is 0. The molecule has 17 heavy (non-hydrogen) atoms. The van der Waals surface area contributed by atoms with E-state index in [1.54, 1.807) is 0 Å². The van der Waals surface area contributed by atoms with Gasteiger partial charge in [0, 0.05) is 10.8 Å². The summed E-state index contributed by atoms with van der Waals surface area (Å²) in [6.07, 6.45) is 1.21. The Balaban J connectivity index is 0.00000121. The molecule has 0 fully saturated rings. The molecule has 1 aromatic heterocycles. The van der Waals surface area contributed by atoms with E-state index in [1.165, 1.54) is 25.4 Å². The van der Waals surface area contributed by atoms with Gasteiger partial charge in [-0.05, 0) is 6.07 Å². The number of hydrogen-bond acceptors (Lipinski definition) is 5. The van der Waals surface area contributed by atoms with E-state index in [1.807, 2.05) is 13.8 Å². The second-order valence-electron chi connectivity index (χ2n) is 2.60. The minimum Gasteiger partial charge on any atom is -0.465 e. The van der Waals surface area contributed by atoms with Crippen LogP contribution in [0.2, 0.25) is 0 Å². The van der Waals surface area contributed by atoms with Crippen molar-refractivity contribution in [2.75, 3.05) is 14.2 Å². The zero-order valence-corrected chi connectivity index (χ0v) is 10.3. The van der Waals surface area contributed by atoms with E-state index in [-0.39, 0.29) is 11.3 Å². The molecule has 1 heterocycles. The number of carbonyl (C=O) groups excluding carboxylic acids is 2. The Labute approximate surface area is 99.4 Å². The minimum atomic E-state index is -0.821. The van der Waals surface area contributed by atoms with E-state index in [2.05, 4.69) is 9.47 Å². The molecule has 0 radical (unpaired) electrons. The Morgan fingerprint density at radius 3 is 2.18 bits per heavy atom. The molecule has 0 amide bonds. The van der Waals surface area contributed by atoms with Crippen LogP contribution in [0, 0.1) is 0 Å². The summed E-state index contributed by atoms with van der Waals surface area (Å²) in [7, 11) is 2.33. The Morgan fingerprint density at radius 1 is 1.18 bits per heavy atom. The molecule has 6 heteroatoms. The van der Waals surface area contributed by atoms with Crippen molar-refractivity contribution in [1.29, 1.82) is 0 Å². The molecule has 94 valence electrons. The summed E-state index contributed by atoms with van der Waals surface area (Å²) in [5, 5.41) is 9.35. The van der Waals surface area contributed by atoms with E-state index in [0.29, 0.717) is 4.73 Å². The van der Waals surface area contributed by atoms with Crippen molar-refractivity contribution < 1.29 is 29.0 Å². The SMILES string of the molecule is CC.COC(=O)c1ccc[n+](O)c1C(=O)OC. The predicted molar refractivity (Wildman–Crippen MR) is 57.8 cm³/mol. The molecular weight excluding hydrogens is 226 g/mol. The van der Waals surface area contributed by atoms with Gasteiger partial charge < -0.3 is 9.47 Å². The summed E-state index contributed by atoms with van der Waals surface area (Å²) in [6.45, 7) is 4.00. The Hall–Kier alpha value is -2.11. The number of carbonyl (C=O) groups is 2.